The van der Waals surface area contributed by atoms with Crippen LogP contribution in [0.15, 0.2) is 146 Å². The Bertz CT molecular complexity index is 2610. The van der Waals surface area contributed by atoms with Crippen LogP contribution in [0.25, 0.3) is 0 Å². The largest absolute Gasteiger partial charge is 0.472 e. The van der Waals surface area contributed by atoms with Crippen LogP contribution in [-0.2, 0) is 65.4 Å². The molecule has 0 spiro atoms. The molecule has 0 radical (unpaired) electrons. The number of phosphoric ester groups is 2. The first kappa shape index (κ1) is 103. The zero-order chi connectivity index (χ0) is 78.9. The maximum absolute atomic E-state index is 13.1. The number of hydrogen-bond acceptors (Lipinski definition) is 15. The fourth-order valence-electron chi connectivity index (χ4n) is 11.0. The predicted octanol–water partition coefficient (Wildman–Crippen LogP) is 25.0. The topological polar surface area (TPSA) is 237 Å². The van der Waals surface area contributed by atoms with Gasteiger partial charge in [-0.25, -0.2) is 9.13 Å². The highest BCUT2D eigenvalue weighted by molar-refractivity contribution is 7.47. The molecule has 0 amide bonds. The minimum atomic E-state index is -4.99. The molecule has 0 aromatic heterocycles. The highest BCUT2D eigenvalue weighted by Crippen LogP contribution is 2.45. The Morgan fingerprint density at radius 3 is 0.741 bits per heavy atom. The van der Waals surface area contributed by atoms with Crippen molar-refractivity contribution in [1.82, 2.24) is 0 Å². The molecule has 0 rings (SSSR count). The number of esters is 4. The molecule has 0 saturated heterocycles. The molecule has 0 fully saturated rings. The maximum Gasteiger partial charge on any atom is 0.472 e. The summed E-state index contributed by atoms with van der Waals surface area (Å²) in [6.45, 7) is 4.49. The number of allylic oxidation sites excluding steroid dienone is 24. The molecule has 618 valence electrons. The third kappa shape index (κ3) is 79.0. The number of carbonyl (C=O) groups excluding carboxylic acids is 4. The Hall–Kier alpha value is -5.06. The molecule has 3 N–H and O–H groups in total. The van der Waals surface area contributed by atoms with Gasteiger partial charge in [0.2, 0.25) is 0 Å². The number of hydrogen-bond donors (Lipinski definition) is 3. The summed E-state index contributed by atoms with van der Waals surface area (Å²) in [4.78, 5) is 73.2. The van der Waals surface area contributed by atoms with Crippen molar-refractivity contribution in [2.24, 2.45) is 0 Å². The third-order valence-electron chi connectivity index (χ3n) is 17.3. The second-order valence-corrected chi connectivity index (χ2v) is 30.5. The zero-order valence-electron chi connectivity index (χ0n) is 67.7. The Balaban J connectivity index is 5.41. The number of carbonyl (C=O) groups is 4. The molecule has 19 heteroatoms. The van der Waals surface area contributed by atoms with Crippen molar-refractivity contribution >= 4 is 39.5 Å². The molecule has 0 aromatic carbocycles. The first-order chi connectivity index (χ1) is 52.7. The van der Waals surface area contributed by atoms with Crippen molar-refractivity contribution in [2.75, 3.05) is 39.6 Å². The van der Waals surface area contributed by atoms with E-state index in [1.807, 2.05) is 0 Å². The van der Waals surface area contributed by atoms with E-state index in [9.17, 15) is 43.2 Å². The molecule has 0 aromatic rings. The zero-order valence-corrected chi connectivity index (χ0v) is 69.5. The molecule has 0 saturated carbocycles. The predicted molar refractivity (Wildman–Crippen MR) is 445 cm³/mol. The van der Waals surface area contributed by atoms with Crippen LogP contribution >= 0.6 is 15.6 Å². The summed E-state index contributed by atoms with van der Waals surface area (Å²) in [6.07, 6.45) is 92.3. The molecule has 5 atom stereocenters. The van der Waals surface area contributed by atoms with Gasteiger partial charge in [0, 0.05) is 25.7 Å². The van der Waals surface area contributed by atoms with Crippen LogP contribution in [0, 0.1) is 0 Å². The molecule has 0 aliphatic carbocycles. The maximum atomic E-state index is 13.1. The molecule has 108 heavy (non-hydrogen) atoms. The van der Waals surface area contributed by atoms with Crippen LogP contribution in [-0.4, -0.2) is 96.7 Å². The number of aliphatic hydroxyl groups excluding tert-OH is 1. The summed E-state index contributed by atoms with van der Waals surface area (Å²) in [5, 5.41) is 10.7. The molecule has 0 bridgehead atoms. The first-order valence-electron chi connectivity index (χ1n) is 42.1. The lowest BCUT2D eigenvalue weighted by Crippen LogP contribution is -2.30. The molecule has 0 heterocycles. The molecule has 5 unspecified atom stereocenters. The van der Waals surface area contributed by atoms with Crippen molar-refractivity contribution in [3.63, 3.8) is 0 Å². The van der Waals surface area contributed by atoms with Crippen LogP contribution in [0.3, 0.4) is 0 Å². The summed E-state index contributed by atoms with van der Waals surface area (Å²) in [7, 11) is -9.99. The first-order valence-corrected chi connectivity index (χ1v) is 45.1. The number of rotatable bonds is 78. The van der Waals surface area contributed by atoms with Gasteiger partial charge in [-0.3, -0.25) is 37.3 Å². The van der Waals surface area contributed by atoms with Gasteiger partial charge in [0.25, 0.3) is 0 Å². The minimum absolute atomic E-state index is 0.0696. The van der Waals surface area contributed by atoms with Gasteiger partial charge in [-0.1, -0.05) is 296 Å². The fourth-order valence-corrected chi connectivity index (χ4v) is 12.6. The second kappa shape index (κ2) is 80.0. The average molecular weight is 1550 g/mol. The number of phosphoric acid groups is 2. The van der Waals surface area contributed by atoms with Crippen molar-refractivity contribution in [3.8, 4) is 0 Å². The summed E-state index contributed by atoms with van der Waals surface area (Å²) in [5.41, 5.74) is 0. The molecule has 0 aliphatic heterocycles. The van der Waals surface area contributed by atoms with Crippen molar-refractivity contribution < 1.29 is 80.2 Å². The highest BCUT2D eigenvalue weighted by Gasteiger charge is 2.30. The quantitative estimate of drug-likeness (QED) is 0.0169. The van der Waals surface area contributed by atoms with E-state index in [0.717, 1.165) is 238 Å². The van der Waals surface area contributed by atoms with Crippen molar-refractivity contribution in [2.45, 2.75) is 354 Å². The van der Waals surface area contributed by atoms with Gasteiger partial charge >= 0.3 is 39.5 Å². The van der Waals surface area contributed by atoms with Crippen LogP contribution in [0.5, 0.6) is 0 Å². The van der Waals surface area contributed by atoms with Crippen molar-refractivity contribution in [3.05, 3.63) is 146 Å². The van der Waals surface area contributed by atoms with Crippen LogP contribution < -0.4 is 0 Å². The second-order valence-electron chi connectivity index (χ2n) is 27.6. The van der Waals surface area contributed by atoms with Gasteiger partial charge in [0.05, 0.1) is 26.4 Å². The average Bonchev–Trinajstić information content (AvgIpc) is 0.906. The lowest BCUT2D eigenvalue weighted by atomic mass is 10.1. The lowest BCUT2D eigenvalue weighted by molar-refractivity contribution is -0.161. The fraction of sp³-hybridized carbons (Fsp3) is 0.685. The smallest absolute Gasteiger partial charge is 0.462 e. The SMILES string of the molecule is CC/C=C\C/C=C\C/C=C\CCCCCCCCCC(=O)OCC(COP(=O)(O)OCC(O)COP(=O)(O)OCC(COC(=O)CCCCCCCC/C=C\C/C=C\C/C=C\CCCCC)OC(=O)CCCCCCCCC/C=C\C/C=C\C/C=C\CC)OC(=O)CCCCCCC/C=C\C/C=C\C/C=C\CC. The number of ether oxygens (including phenoxy) is 4. The summed E-state index contributed by atoms with van der Waals surface area (Å²) >= 11 is 0. The third-order valence-corrected chi connectivity index (χ3v) is 19.2. The van der Waals surface area contributed by atoms with E-state index in [1.54, 1.807) is 0 Å². The van der Waals surface area contributed by atoms with Gasteiger partial charge in [0.15, 0.2) is 12.2 Å². The summed E-state index contributed by atoms with van der Waals surface area (Å²) < 4.78 is 68.8. The molecular formula is C89H150O17P2. The number of unbranched alkanes of at least 4 members (excludes halogenated alkanes) is 28. The van der Waals surface area contributed by atoms with Gasteiger partial charge in [-0.15, -0.1) is 0 Å². The van der Waals surface area contributed by atoms with Gasteiger partial charge < -0.3 is 33.8 Å². The summed E-state index contributed by atoms with van der Waals surface area (Å²) in [6, 6.07) is 0. The van der Waals surface area contributed by atoms with E-state index in [2.05, 4.69) is 174 Å². The molecule has 17 nitrogen and oxygen atoms in total. The minimum Gasteiger partial charge on any atom is -0.462 e. The summed E-state index contributed by atoms with van der Waals surface area (Å²) in [5.74, 6) is -2.22. The molecular weight excluding hydrogens is 1400 g/mol. The van der Waals surface area contributed by atoms with Crippen LogP contribution in [0.1, 0.15) is 336 Å². The monoisotopic (exact) mass is 1550 g/mol. The van der Waals surface area contributed by atoms with Crippen LogP contribution in [0.2, 0.25) is 0 Å². The van der Waals surface area contributed by atoms with Crippen LogP contribution in [0.4, 0.5) is 0 Å². The van der Waals surface area contributed by atoms with E-state index in [-0.39, 0.29) is 25.7 Å². The lowest BCUT2D eigenvalue weighted by Gasteiger charge is -2.21. The van der Waals surface area contributed by atoms with E-state index >= 15 is 0 Å². The van der Waals surface area contributed by atoms with Gasteiger partial charge in [-0.05, 0) is 161 Å². The van der Waals surface area contributed by atoms with Crippen molar-refractivity contribution in [1.29, 1.82) is 0 Å². The molecule has 0 aliphatic rings. The van der Waals surface area contributed by atoms with E-state index in [0.29, 0.717) is 25.7 Å². The van der Waals surface area contributed by atoms with Gasteiger partial charge in [0.1, 0.15) is 19.3 Å². The highest BCUT2D eigenvalue weighted by atomic mass is 31.2. The Kier molecular flexibility index (Phi) is 76.3. The van der Waals surface area contributed by atoms with E-state index in [4.69, 9.17) is 37.0 Å². The van der Waals surface area contributed by atoms with Gasteiger partial charge in [-0.2, -0.15) is 0 Å². The standard InChI is InChI=1S/C89H150O17P2/c1-5-9-13-17-21-25-29-33-37-40-41-44-47-50-54-58-62-66-70-74-87(92)100-80-85(106-89(94)76-72-68-64-60-56-52-48-43-39-35-31-27-23-19-15-11-7-3)82-104-108(97,98)102-78-83(90)77-101-107(95,96)103-81-84(105-88(93)75-71-67-63-59-55-51-45-36-32-28-24-20-16-12-8-4)79-99-86(91)73-69-65-61-57-53-49-46-42-38-34-30-26-22-18-14-10-6-2/h10-12,14-16,21-28,33-39,41,44-45,83-85,90H,5-9,13,17-20,29-32,40,42-43,46-82H2,1-4H3,(H,95,96)(H,97,98)/b14-10-,15-11-,16-12-,25-21-,26-22-,27-23-,28-24-,37-33-,38-34-,39-35-,44-41-,45-36-. The Labute approximate surface area is 656 Å². The number of aliphatic hydroxyl groups is 1. The van der Waals surface area contributed by atoms with E-state index < -0.39 is 97.5 Å². The van der Waals surface area contributed by atoms with E-state index in [1.165, 1.54) is 19.3 Å². The Morgan fingerprint density at radius 1 is 0.269 bits per heavy atom. The Morgan fingerprint density at radius 2 is 0.481 bits per heavy atom. The normalized spacial score (nSPS) is 14.5.